The van der Waals surface area contributed by atoms with E-state index in [9.17, 15) is 40.6 Å². The molecule has 2 unspecified atom stereocenters. The molecule has 0 aromatic rings. The molecule has 0 spiro atoms. The Morgan fingerprint density at radius 2 is 1.61 bits per heavy atom. The minimum absolute atomic E-state index is 0.0549. The topological polar surface area (TPSA) is 37.3 Å². The number of carbonyl (C=O) groups is 1. The van der Waals surface area contributed by atoms with E-state index in [4.69, 9.17) is 1.37 Å². The molecule has 0 aromatic carbocycles. The average molecular weight is 531 g/mol. The van der Waals surface area contributed by atoms with Crippen molar-refractivity contribution in [2.45, 2.75) is 116 Å². The third kappa shape index (κ3) is 4.31. The zero-order valence-corrected chi connectivity index (χ0v) is 21.2. The second kappa shape index (κ2) is 9.11. The molecule has 4 aliphatic carbocycles. The number of Topliss-reactive ketones (excluding diaryl/α,β-unsaturated/α-hetero) is 1. The monoisotopic (exact) mass is 530 g/mol. The first-order valence-electron chi connectivity index (χ1n) is 13.9. The van der Waals surface area contributed by atoms with Crippen LogP contribution in [-0.4, -0.2) is 35.0 Å². The molecular formula is C27H39F7O2. The van der Waals surface area contributed by atoms with Crippen LogP contribution < -0.4 is 0 Å². The van der Waals surface area contributed by atoms with Crippen LogP contribution in [0.25, 0.3) is 0 Å². The number of aliphatic hydroxyl groups excluding tert-OH is 1. The van der Waals surface area contributed by atoms with E-state index in [-0.39, 0.29) is 47.9 Å². The second-order valence-corrected chi connectivity index (χ2v) is 12.8. The van der Waals surface area contributed by atoms with Gasteiger partial charge in [0, 0.05) is 13.7 Å². The Labute approximate surface area is 210 Å². The van der Waals surface area contributed by atoms with Gasteiger partial charge in [-0.15, -0.1) is 0 Å². The van der Waals surface area contributed by atoms with Crippen LogP contribution in [0.4, 0.5) is 30.7 Å². The van der Waals surface area contributed by atoms with E-state index in [1.807, 2.05) is 6.92 Å². The van der Waals surface area contributed by atoms with Crippen molar-refractivity contribution in [3.8, 4) is 0 Å². The molecule has 0 saturated heterocycles. The van der Waals surface area contributed by atoms with E-state index in [1.165, 1.54) is 0 Å². The molecule has 0 bridgehead atoms. The van der Waals surface area contributed by atoms with E-state index in [2.05, 4.69) is 6.92 Å². The van der Waals surface area contributed by atoms with Crippen molar-refractivity contribution in [2.24, 2.45) is 46.3 Å². The molecule has 4 fully saturated rings. The van der Waals surface area contributed by atoms with Gasteiger partial charge in [-0.3, -0.25) is 4.79 Å². The second-order valence-electron chi connectivity index (χ2n) is 12.8. The molecule has 4 saturated carbocycles. The fraction of sp³-hybridized carbons (Fsp3) is 0.963. The lowest BCUT2D eigenvalue weighted by atomic mass is 9.44. The fourth-order valence-electron chi connectivity index (χ4n) is 9.02. The van der Waals surface area contributed by atoms with Crippen LogP contribution in [0.3, 0.4) is 0 Å². The summed E-state index contributed by atoms with van der Waals surface area (Å²) in [5.41, 5.74) is -5.81. The Hall–Kier alpha value is -0.860. The summed E-state index contributed by atoms with van der Waals surface area (Å²) in [4.78, 5) is 13.4. The molecule has 0 heterocycles. The molecule has 0 amide bonds. The number of halogens is 7. The highest BCUT2D eigenvalue weighted by Gasteiger charge is 2.72. The zero-order valence-electron chi connectivity index (χ0n) is 22.2. The Bertz CT molecular complexity index is 862. The highest BCUT2D eigenvalue weighted by Crippen LogP contribution is 2.67. The quantitative estimate of drug-likeness (QED) is 0.368. The van der Waals surface area contributed by atoms with E-state index in [1.54, 1.807) is 6.92 Å². The molecule has 0 radical (unpaired) electrons. The van der Waals surface area contributed by atoms with Crippen LogP contribution in [0.2, 0.25) is 0 Å². The summed E-state index contributed by atoms with van der Waals surface area (Å²) in [7, 11) is 0. The molecule has 10 atom stereocenters. The summed E-state index contributed by atoms with van der Waals surface area (Å²) in [6.07, 6.45) is -10.7. The van der Waals surface area contributed by atoms with Gasteiger partial charge in [-0.25, -0.2) is 4.39 Å². The summed E-state index contributed by atoms with van der Waals surface area (Å²) in [6.45, 7) is 6.00. The average Bonchev–Trinajstić information content (AvgIpc) is 3.03. The Kier molecular flexibility index (Phi) is 6.77. The highest BCUT2D eigenvalue weighted by molar-refractivity contribution is 5.85. The van der Waals surface area contributed by atoms with E-state index >= 15 is 0 Å². The van der Waals surface area contributed by atoms with Gasteiger partial charge in [-0.2, -0.15) is 26.3 Å². The molecule has 4 aliphatic rings. The van der Waals surface area contributed by atoms with Crippen molar-refractivity contribution in [3.63, 3.8) is 0 Å². The summed E-state index contributed by atoms with van der Waals surface area (Å²) < 4.78 is 100. The maximum atomic E-state index is 14.2. The third-order valence-electron chi connectivity index (χ3n) is 11.0. The van der Waals surface area contributed by atoms with Crippen molar-refractivity contribution in [3.05, 3.63) is 0 Å². The predicted octanol–water partition coefficient (Wildman–Crippen LogP) is 7.82. The predicted molar refractivity (Wildman–Crippen MR) is 121 cm³/mol. The molecule has 2 nitrogen and oxygen atoms in total. The zero-order chi connectivity index (χ0) is 27.8. The van der Waals surface area contributed by atoms with Crippen LogP contribution in [0, 0.1) is 46.3 Å². The summed E-state index contributed by atoms with van der Waals surface area (Å²) in [6, 6.07) is 0. The molecule has 36 heavy (non-hydrogen) atoms. The smallest absolute Gasteiger partial charge is 0.393 e. The molecule has 9 heteroatoms. The number of hydrogen-bond donors (Lipinski definition) is 1. The van der Waals surface area contributed by atoms with Gasteiger partial charge in [-0.05, 0) is 98.2 Å². The Morgan fingerprint density at radius 1 is 1.00 bits per heavy atom. The lowest BCUT2D eigenvalue weighted by molar-refractivity contribution is -0.343. The van der Waals surface area contributed by atoms with Gasteiger partial charge in [-0.1, -0.05) is 27.2 Å². The third-order valence-corrected chi connectivity index (χ3v) is 11.0. The SMILES string of the molecule is [3H][C@@H](C[C@@H](C)[C@H]1CC(=O)C2C3CC[C@H]4C[C@@H](O)CC[C@]4(C)[C@H]3CC[C@@]21C)CC(F)(C(F)(F)F)C(F)(F)F. The number of fused-ring (bicyclic) bond motifs is 5. The van der Waals surface area contributed by atoms with Crippen molar-refractivity contribution in [2.75, 3.05) is 0 Å². The maximum Gasteiger partial charge on any atom is 0.431 e. The van der Waals surface area contributed by atoms with Crippen molar-refractivity contribution < 1.29 is 42.0 Å². The number of hydrogen-bond acceptors (Lipinski definition) is 2. The van der Waals surface area contributed by atoms with E-state index in [0.717, 1.165) is 44.9 Å². The number of ketones is 1. The van der Waals surface area contributed by atoms with Crippen LogP contribution in [0.5, 0.6) is 0 Å². The molecule has 1 N–H and O–H groups in total. The maximum absolute atomic E-state index is 14.2. The minimum Gasteiger partial charge on any atom is -0.393 e. The van der Waals surface area contributed by atoms with Gasteiger partial charge < -0.3 is 5.11 Å². The van der Waals surface area contributed by atoms with Crippen LogP contribution in [0.15, 0.2) is 0 Å². The molecular weight excluding hydrogens is 489 g/mol. The number of carbonyl (C=O) groups excluding carboxylic acids is 1. The first-order valence-corrected chi connectivity index (χ1v) is 13.3. The first kappa shape index (κ1) is 26.7. The fourth-order valence-corrected chi connectivity index (χ4v) is 9.02. The van der Waals surface area contributed by atoms with Gasteiger partial charge in [0.2, 0.25) is 0 Å². The number of rotatable bonds is 5. The van der Waals surface area contributed by atoms with Crippen LogP contribution in [-0.2, 0) is 4.79 Å². The number of aliphatic hydroxyl groups is 1. The largest absolute Gasteiger partial charge is 0.431 e. The lowest BCUT2D eigenvalue weighted by Crippen LogP contribution is -2.55. The van der Waals surface area contributed by atoms with Gasteiger partial charge in [0.15, 0.2) is 0 Å². The summed E-state index contributed by atoms with van der Waals surface area (Å²) in [5.74, 6) is 0.103. The van der Waals surface area contributed by atoms with Gasteiger partial charge in [0.05, 0.1) is 6.10 Å². The highest BCUT2D eigenvalue weighted by atomic mass is 19.4. The van der Waals surface area contributed by atoms with Gasteiger partial charge >= 0.3 is 12.4 Å². The summed E-state index contributed by atoms with van der Waals surface area (Å²) in [5, 5.41) is 10.2. The van der Waals surface area contributed by atoms with Crippen molar-refractivity contribution >= 4 is 5.78 Å². The van der Waals surface area contributed by atoms with Crippen LogP contribution >= 0.6 is 0 Å². The molecule has 208 valence electrons. The van der Waals surface area contributed by atoms with Crippen molar-refractivity contribution in [1.82, 2.24) is 0 Å². The number of alkyl halides is 7. The standard InChI is InChI=1S/C27H39F7O2/c1-15(5-4-10-25(28,26(29,30)31)27(32,33)34)20-14-21(36)22-18-7-6-16-13-17(35)8-11-23(16,2)19(18)9-12-24(20,22)3/h15-20,22,35H,4-14H2,1-3H3/t15-,16+,17+,18?,19+,20-,22?,23+,24-/m1/s1/i4T/t4-,15+,16-,17-,18?,19-,20+,22?,23-,24+/m0. The van der Waals surface area contributed by atoms with Crippen molar-refractivity contribution in [1.29, 1.82) is 0 Å². The molecule has 4 rings (SSSR count). The first-order chi connectivity index (χ1) is 16.8. The van der Waals surface area contributed by atoms with Gasteiger partial charge in [0.1, 0.15) is 5.78 Å². The van der Waals surface area contributed by atoms with E-state index in [0.29, 0.717) is 11.8 Å². The van der Waals surface area contributed by atoms with Crippen LogP contribution in [0.1, 0.15) is 92.7 Å². The lowest BCUT2D eigenvalue weighted by Gasteiger charge is -2.60. The normalized spacial score (nSPS) is 43.8. The van der Waals surface area contributed by atoms with E-state index < -0.39 is 42.2 Å². The Morgan fingerprint density at radius 3 is 2.22 bits per heavy atom. The summed E-state index contributed by atoms with van der Waals surface area (Å²) >= 11 is 0. The minimum atomic E-state index is -6.16. The van der Waals surface area contributed by atoms with Gasteiger partial charge in [0.25, 0.3) is 5.67 Å². The molecule has 0 aliphatic heterocycles. The molecule has 0 aromatic heterocycles. The Balaban J connectivity index is 1.50.